The van der Waals surface area contributed by atoms with Crippen LogP contribution in [-0.2, 0) is 11.3 Å². The summed E-state index contributed by atoms with van der Waals surface area (Å²) in [6.45, 7) is 4.13. The fraction of sp³-hybridized carbons (Fsp3) is 0.250. The van der Waals surface area contributed by atoms with Crippen LogP contribution in [0.1, 0.15) is 21.5 Å². The van der Waals surface area contributed by atoms with Crippen molar-refractivity contribution in [1.82, 2.24) is 9.80 Å². The molecule has 1 amide bonds. The largest absolute Gasteiger partial charge is 0.484 e. The predicted octanol–water partition coefficient (Wildman–Crippen LogP) is 3.70. The van der Waals surface area contributed by atoms with E-state index in [9.17, 15) is 9.59 Å². The molecular formula is C24H24N2O3S. The molecule has 1 aromatic heterocycles. The molecule has 5 nitrogen and oxygen atoms in total. The van der Waals surface area contributed by atoms with E-state index in [1.54, 1.807) is 47.7 Å². The SMILES string of the molecule is O=C(c1ccccc1)c1ccc(OCC(=O)N2CCN(Cc3ccsc3)CC2)cc1. The van der Waals surface area contributed by atoms with Crippen LogP contribution in [0.4, 0.5) is 0 Å². The lowest BCUT2D eigenvalue weighted by Crippen LogP contribution is -2.49. The van der Waals surface area contributed by atoms with Gasteiger partial charge in [0.15, 0.2) is 12.4 Å². The number of benzene rings is 2. The van der Waals surface area contributed by atoms with Crippen LogP contribution < -0.4 is 4.74 Å². The van der Waals surface area contributed by atoms with E-state index in [0.29, 0.717) is 16.9 Å². The summed E-state index contributed by atoms with van der Waals surface area (Å²) in [5.41, 5.74) is 2.58. The minimum atomic E-state index is -0.0291. The van der Waals surface area contributed by atoms with Gasteiger partial charge >= 0.3 is 0 Å². The number of hydrogen-bond donors (Lipinski definition) is 0. The Hall–Kier alpha value is -2.96. The number of rotatable bonds is 7. The summed E-state index contributed by atoms with van der Waals surface area (Å²) in [6.07, 6.45) is 0. The lowest BCUT2D eigenvalue weighted by atomic mass is 10.0. The van der Waals surface area contributed by atoms with Crippen molar-refractivity contribution >= 4 is 23.0 Å². The Labute approximate surface area is 180 Å². The average molecular weight is 421 g/mol. The van der Waals surface area contributed by atoms with Crippen LogP contribution in [0, 0.1) is 0 Å². The summed E-state index contributed by atoms with van der Waals surface area (Å²) in [5.74, 6) is 0.553. The Balaban J connectivity index is 1.24. The normalized spacial score (nSPS) is 14.5. The number of hydrogen-bond acceptors (Lipinski definition) is 5. The third-order valence-electron chi connectivity index (χ3n) is 5.23. The smallest absolute Gasteiger partial charge is 0.260 e. The number of ether oxygens (including phenoxy) is 1. The van der Waals surface area contributed by atoms with Crippen molar-refractivity contribution in [2.24, 2.45) is 0 Å². The Morgan fingerprint density at radius 3 is 2.23 bits per heavy atom. The molecule has 0 unspecified atom stereocenters. The standard InChI is InChI=1S/C24H24N2O3S/c27-23(26-13-11-25(12-14-26)16-19-10-15-30-18-19)17-29-22-8-6-21(7-9-22)24(28)20-4-2-1-3-5-20/h1-10,15,18H,11-14,16-17H2. The summed E-state index contributed by atoms with van der Waals surface area (Å²) in [4.78, 5) is 29.2. The number of nitrogens with zero attached hydrogens (tertiary/aromatic N) is 2. The van der Waals surface area contributed by atoms with Gasteiger partial charge in [-0.15, -0.1) is 0 Å². The second kappa shape index (κ2) is 9.69. The second-order valence-electron chi connectivity index (χ2n) is 7.30. The van der Waals surface area contributed by atoms with Gasteiger partial charge in [-0.25, -0.2) is 0 Å². The van der Waals surface area contributed by atoms with Gasteiger partial charge in [0.05, 0.1) is 0 Å². The number of carbonyl (C=O) groups is 2. The van der Waals surface area contributed by atoms with Crippen LogP contribution >= 0.6 is 11.3 Å². The molecule has 1 saturated heterocycles. The molecule has 0 bridgehead atoms. The fourth-order valence-corrected chi connectivity index (χ4v) is 4.15. The van der Waals surface area contributed by atoms with Crippen LogP contribution in [0.3, 0.4) is 0 Å². The zero-order valence-corrected chi connectivity index (χ0v) is 17.5. The summed E-state index contributed by atoms with van der Waals surface area (Å²) in [5, 5.41) is 4.26. The molecular weight excluding hydrogens is 396 g/mol. The Kier molecular flexibility index (Phi) is 6.57. The van der Waals surface area contributed by atoms with E-state index >= 15 is 0 Å². The van der Waals surface area contributed by atoms with E-state index in [-0.39, 0.29) is 18.3 Å². The highest BCUT2D eigenvalue weighted by atomic mass is 32.1. The lowest BCUT2D eigenvalue weighted by Gasteiger charge is -2.34. The van der Waals surface area contributed by atoms with Gasteiger partial charge in [-0.1, -0.05) is 30.3 Å². The quantitative estimate of drug-likeness (QED) is 0.547. The predicted molar refractivity (Wildman–Crippen MR) is 118 cm³/mol. The number of carbonyl (C=O) groups excluding carboxylic acids is 2. The van der Waals surface area contributed by atoms with Crippen LogP contribution in [-0.4, -0.2) is 54.3 Å². The van der Waals surface area contributed by atoms with E-state index < -0.39 is 0 Å². The molecule has 4 rings (SSSR count). The van der Waals surface area contributed by atoms with E-state index in [1.807, 2.05) is 23.1 Å². The van der Waals surface area contributed by atoms with Gasteiger partial charge in [-0.3, -0.25) is 14.5 Å². The van der Waals surface area contributed by atoms with Gasteiger partial charge in [0, 0.05) is 43.9 Å². The van der Waals surface area contributed by atoms with Crippen LogP contribution in [0.25, 0.3) is 0 Å². The monoisotopic (exact) mass is 420 g/mol. The first-order valence-corrected chi connectivity index (χ1v) is 11.0. The maximum Gasteiger partial charge on any atom is 0.260 e. The molecule has 154 valence electrons. The summed E-state index contributed by atoms with van der Waals surface area (Å²) < 4.78 is 5.66. The first-order valence-electron chi connectivity index (χ1n) is 10.0. The highest BCUT2D eigenvalue weighted by Gasteiger charge is 2.21. The highest BCUT2D eigenvalue weighted by molar-refractivity contribution is 7.07. The van der Waals surface area contributed by atoms with Gasteiger partial charge in [-0.2, -0.15) is 11.3 Å². The fourth-order valence-electron chi connectivity index (χ4n) is 3.49. The van der Waals surface area contributed by atoms with Crippen molar-refractivity contribution in [3.8, 4) is 5.75 Å². The Bertz CT molecular complexity index is 963. The van der Waals surface area contributed by atoms with Gasteiger partial charge < -0.3 is 9.64 Å². The number of amides is 1. The van der Waals surface area contributed by atoms with E-state index in [1.165, 1.54) is 5.56 Å². The van der Waals surface area contributed by atoms with Crippen LogP contribution in [0.2, 0.25) is 0 Å². The molecule has 0 spiro atoms. The van der Waals surface area contributed by atoms with E-state index in [4.69, 9.17) is 4.74 Å². The maximum atomic E-state index is 12.5. The van der Waals surface area contributed by atoms with Crippen molar-refractivity contribution in [3.05, 3.63) is 88.1 Å². The van der Waals surface area contributed by atoms with Crippen molar-refractivity contribution in [2.45, 2.75) is 6.54 Å². The molecule has 3 aromatic rings. The first kappa shape index (κ1) is 20.3. The number of piperazine rings is 1. The highest BCUT2D eigenvalue weighted by Crippen LogP contribution is 2.16. The molecule has 0 atom stereocenters. The third kappa shape index (κ3) is 5.14. The van der Waals surface area contributed by atoms with Gasteiger partial charge in [-0.05, 0) is 46.7 Å². The zero-order chi connectivity index (χ0) is 20.8. The molecule has 0 radical (unpaired) electrons. The van der Waals surface area contributed by atoms with E-state index in [2.05, 4.69) is 21.7 Å². The van der Waals surface area contributed by atoms with Gasteiger partial charge in [0.2, 0.25) is 0 Å². The topological polar surface area (TPSA) is 49.9 Å². The molecule has 30 heavy (non-hydrogen) atoms. The molecule has 2 aromatic carbocycles. The van der Waals surface area contributed by atoms with Crippen molar-refractivity contribution in [2.75, 3.05) is 32.8 Å². The van der Waals surface area contributed by atoms with Gasteiger partial charge in [0.1, 0.15) is 5.75 Å². The first-order chi connectivity index (χ1) is 14.7. The molecule has 1 aliphatic rings. The zero-order valence-electron chi connectivity index (χ0n) is 16.7. The average Bonchev–Trinajstić information content (AvgIpc) is 3.31. The minimum Gasteiger partial charge on any atom is -0.484 e. The van der Waals surface area contributed by atoms with Crippen LogP contribution in [0.5, 0.6) is 5.75 Å². The molecule has 1 fully saturated rings. The molecule has 6 heteroatoms. The summed E-state index contributed by atoms with van der Waals surface area (Å²) >= 11 is 1.71. The molecule has 0 aliphatic carbocycles. The number of thiophene rings is 1. The molecule has 0 N–H and O–H groups in total. The third-order valence-corrected chi connectivity index (χ3v) is 5.96. The van der Waals surface area contributed by atoms with Gasteiger partial charge in [0.25, 0.3) is 5.91 Å². The molecule has 0 saturated carbocycles. The number of ketones is 1. The summed E-state index contributed by atoms with van der Waals surface area (Å²) in [6, 6.07) is 18.3. The molecule has 2 heterocycles. The maximum absolute atomic E-state index is 12.5. The summed E-state index contributed by atoms with van der Waals surface area (Å²) in [7, 11) is 0. The second-order valence-corrected chi connectivity index (χ2v) is 8.08. The lowest BCUT2D eigenvalue weighted by molar-refractivity contribution is -0.135. The van der Waals surface area contributed by atoms with Crippen molar-refractivity contribution in [3.63, 3.8) is 0 Å². The Morgan fingerprint density at radius 1 is 0.867 bits per heavy atom. The minimum absolute atomic E-state index is 0.00498. The van der Waals surface area contributed by atoms with Crippen molar-refractivity contribution in [1.29, 1.82) is 0 Å². The Morgan fingerprint density at radius 2 is 1.57 bits per heavy atom. The molecule has 1 aliphatic heterocycles. The van der Waals surface area contributed by atoms with Crippen molar-refractivity contribution < 1.29 is 14.3 Å². The van der Waals surface area contributed by atoms with Crippen LogP contribution in [0.15, 0.2) is 71.4 Å². The van der Waals surface area contributed by atoms with E-state index in [0.717, 1.165) is 32.7 Å².